The third kappa shape index (κ3) is 3.95. The molecule has 0 saturated heterocycles. The molecule has 0 spiro atoms. The quantitative estimate of drug-likeness (QED) is 0.626. The lowest BCUT2D eigenvalue weighted by molar-refractivity contribution is -0.117. The van der Waals surface area contributed by atoms with E-state index in [1.165, 1.54) is 25.3 Å². The van der Waals surface area contributed by atoms with Gasteiger partial charge >= 0.3 is 12.3 Å². The first-order valence-electron chi connectivity index (χ1n) is 5.15. The molecular weight excluding hydrogens is 284 g/mol. The van der Waals surface area contributed by atoms with E-state index < -0.39 is 18.9 Å². The van der Waals surface area contributed by atoms with Gasteiger partial charge in [0.1, 0.15) is 10.7 Å². The summed E-state index contributed by atoms with van der Waals surface area (Å²) in [7, 11) is 1.38. The van der Waals surface area contributed by atoms with Crippen LogP contribution in [0.15, 0.2) is 18.2 Å². The Morgan fingerprint density at radius 3 is 2.58 bits per heavy atom. The summed E-state index contributed by atoms with van der Waals surface area (Å²) in [5.74, 6) is -3.78. The Labute approximate surface area is 112 Å². The van der Waals surface area contributed by atoms with Gasteiger partial charge in [0.15, 0.2) is 0 Å². The minimum absolute atomic E-state index is 0.0366. The molecule has 0 heterocycles. The molecule has 0 aliphatic heterocycles. The van der Waals surface area contributed by atoms with Crippen LogP contribution in [0.25, 0.3) is 0 Å². The standard InChI is InChI=1S/C11H12F4N2OS/c1-18-6-2-3-7(9(16)19)8(4-6)17-5-11(14,15)10(12)13/h2-4,10,17H,5H2,1H3,(H2,16,19). The zero-order valence-corrected chi connectivity index (χ0v) is 10.7. The summed E-state index contributed by atoms with van der Waals surface area (Å²) < 4.78 is 54.7. The summed E-state index contributed by atoms with van der Waals surface area (Å²) in [5, 5.41) is 2.21. The Hall–Kier alpha value is -1.57. The molecule has 106 valence electrons. The van der Waals surface area contributed by atoms with Crippen LogP contribution in [-0.4, -0.2) is 31.0 Å². The monoisotopic (exact) mass is 296 g/mol. The molecule has 3 N–H and O–H groups in total. The van der Waals surface area contributed by atoms with Gasteiger partial charge in [0, 0.05) is 17.3 Å². The second-order valence-corrected chi connectivity index (χ2v) is 4.13. The minimum Gasteiger partial charge on any atom is -0.497 e. The highest BCUT2D eigenvalue weighted by atomic mass is 32.1. The van der Waals surface area contributed by atoms with Crippen molar-refractivity contribution in [3.05, 3.63) is 23.8 Å². The Morgan fingerprint density at radius 2 is 2.11 bits per heavy atom. The minimum atomic E-state index is -4.14. The van der Waals surface area contributed by atoms with E-state index in [4.69, 9.17) is 22.7 Å². The van der Waals surface area contributed by atoms with Crippen molar-refractivity contribution in [2.45, 2.75) is 12.3 Å². The Kier molecular flexibility index (Phi) is 4.93. The predicted molar refractivity (Wildman–Crippen MR) is 68.3 cm³/mol. The Morgan fingerprint density at radius 1 is 1.47 bits per heavy atom. The molecule has 8 heteroatoms. The van der Waals surface area contributed by atoms with E-state index in [-0.39, 0.29) is 16.2 Å². The first-order valence-corrected chi connectivity index (χ1v) is 5.56. The van der Waals surface area contributed by atoms with E-state index in [1.807, 2.05) is 0 Å². The number of nitrogens with two attached hydrogens (primary N) is 1. The Bertz CT molecular complexity index is 468. The van der Waals surface area contributed by atoms with Crippen LogP contribution in [0.5, 0.6) is 5.75 Å². The molecule has 19 heavy (non-hydrogen) atoms. The number of ether oxygens (including phenoxy) is 1. The van der Waals surface area contributed by atoms with Crippen molar-refractivity contribution in [3.63, 3.8) is 0 Å². The molecule has 1 rings (SSSR count). The van der Waals surface area contributed by atoms with Crippen molar-refractivity contribution in [1.82, 2.24) is 0 Å². The summed E-state index contributed by atoms with van der Waals surface area (Å²) in [6, 6.07) is 4.35. The van der Waals surface area contributed by atoms with Crippen LogP contribution in [-0.2, 0) is 0 Å². The number of methoxy groups -OCH3 is 1. The van der Waals surface area contributed by atoms with Crippen molar-refractivity contribution >= 4 is 22.9 Å². The SMILES string of the molecule is COc1ccc(C(N)=S)c(NCC(F)(F)C(F)F)c1. The topological polar surface area (TPSA) is 47.3 Å². The average molecular weight is 296 g/mol. The predicted octanol–water partition coefficient (Wildman–Crippen LogP) is 2.64. The lowest BCUT2D eigenvalue weighted by Gasteiger charge is -2.18. The Balaban J connectivity index is 2.95. The molecule has 0 aliphatic rings. The highest BCUT2D eigenvalue weighted by Crippen LogP contribution is 2.26. The normalized spacial score (nSPS) is 11.5. The number of nitrogens with one attached hydrogen (secondary N) is 1. The largest absolute Gasteiger partial charge is 0.497 e. The molecule has 0 aliphatic carbocycles. The van der Waals surface area contributed by atoms with Crippen LogP contribution in [0.4, 0.5) is 23.2 Å². The molecule has 0 aromatic heterocycles. The smallest absolute Gasteiger partial charge is 0.324 e. The number of thiocarbonyl (C=S) groups is 1. The zero-order valence-electron chi connectivity index (χ0n) is 9.92. The molecule has 0 radical (unpaired) electrons. The van der Waals surface area contributed by atoms with E-state index in [0.29, 0.717) is 5.75 Å². The summed E-state index contributed by atoms with van der Waals surface area (Å²) in [6.07, 6.45) is -3.75. The maximum absolute atomic E-state index is 12.8. The molecule has 1 aromatic rings. The molecule has 0 amide bonds. The zero-order chi connectivity index (χ0) is 14.6. The van der Waals surface area contributed by atoms with E-state index in [1.54, 1.807) is 0 Å². The third-order valence-corrected chi connectivity index (χ3v) is 2.55. The summed E-state index contributed by atoms with van der Waals surface area (Å²) in [4.78, 5) is -0.0366. The summed E-state index contributed by atoms with van der Waals surface area (Å²) in [5.41, 5.74) is 5.82. The van der Waals surface area contributed by atoms with Gasteiger partial charge in [0.2, 0.25) is 0 Å². The summed E-state index contributed by atoms with van der Waals surface area (Å²) >= 11 is 4.75. The van der Waals surface area contributed by atoms with Crippen molar-refractivity contribution in [2.24, 2.45) is 5.73 Å². The van der Waals surface area contributed by atoms with Crippen LogP contribution in [0.3, 0.4) is 0 Å². The fraction of sp³-hybridized carbons (Fsp3) is 0.364. The number of alkyl halides is 4. The van der Waals surface area contributed by atoms with Crippen molar-refractivity contribution in [1.29, 1.82) is 0 Å². The third-order valence-electron chi connectivity index (χ3n) is 2.33. The first kappa shape index (κ1) is 15.5. The van der Waals surface area contributed by atoms with Crippen molar-refractivity contribution < 1.29 is 22.3 Å². The lowest BCUT2D eigenvalue weighted by Crippen LogP contribution is -2.35. The fourth-order valence-corrected chi connectivity index (χ4v) is 1.48. The van der Waals surface area contributed by atoms with Gasteiger partial charge in [0.05, 0.1) is 13.7 Å². The second-order valence-electron chi connectivity index (χ2n) is 3.69. The van der Waals surface area contributed by atoms with E-state index in [9.17, 15) is 17.6 Å². The van der Waals surface area contributed by atoms with E-state index >= 15 is 0 Å². The van der Waals surface area contributed by atoms with E-state index in [2.05, 4.69) is 5.32 Å². The number of halogens is 4. The highest BCUT2D eigenvalue weighted by molar-refractivity contribution is 7.80. The molecule has 1 aromatic carbocycles. The number of hydrogen-bond acceptors (Lipinski definition) is 3. The summed E-state index contributed by atoms with van der Waals surface area (Å²) in [6.45, 7) is -1.23. The maximum Gasteiger partial charge on any atom is 0.324 e. The van der Waals surface area contributed by atoms with Gasteiger partial charge in [-0.2, -0.15) is 8.78 Å². The molecule has 0 saturated carbocycles. The number of anilines is 1. The van der Waals surface area contributed by atoms with E-state index in [0.717, 1.165) is 0 Å². The number of hydrogen-bond donors (Lipinski definition) is 2. The number of rotatable bonds is 6. The molecule has 0 atom stereocenters. The van der Waals surface area contributed by atoms with Crippen LogP contribution in [0, 0.1) is 0 Å². The fourth-order valence-electron chi connectivity index (χ4n) is 1.30. The van der Waals surface area contributed by atoms with Gasteiger partial charge in [-0.3, -0.25) is 0 Å². The first-order chi connectivity index (χ1) is 8.77. The molecule has 0 unspecified atom stereocenters. The van der Waals surface area contributed by atoms with Gasteiger partial charge < -0.3 is 15.8 Å². The van der Waals surface area contributed by atoms with Gasteiger partial charge in [-0.05, 0) is 12.1 Å². The van der Waals surface area contributed by atoms with Gasteiger partial charge in [-0.1, -0.05) is 12.2 Å². The van der Waals surface area contributed by atoms with Gasteiger partial charge in [0.25, 0.3) is 0 Å². The highest BCUT2D eigenvalue weighted by Gasteiger charge is 2.40. The van der Waals surface area contributed by atoms with Crippen molar-refractivity contribution in [2.75, 3.05) is 19.0 Å². The molecule has 3 nitrogen and oxygen atoms in total. The molecule has 0 bridgehead atoms. The van der Waals surface area contributed by atoms with Gasteiger partial charge in [-0.25, -0.2) is 8.78 Å². The van der Waals surface area contributed by atoms with Crippen LogP contribution in [0.2, 0.25) is 0 Å². The molecule has 0 fully saturated rings. The van der Waals surface area contributed by atoms with Gasteiger partial charge in [-0.15, -0.1) is 0 Å². The second kappa shape index (κ2) is 6.05. The number of benzene rings is 1. The van der Waals surface area contributed by atoms with Crippen LogP contribution in [0.1, 0.15) is 5.56 Å². The maximum atomic E-state index is 12.8. The molecular formula is C11H12F4N2OS. The average Bonchev–Trinajstić information content (AvgIpc) is 2.35. The van der Waals surface area contributed by atoms with Crippen LogP contribution < -0.4 is 15.8 Å². The van der Waals surface area contributed by atoms with Crippen LogP contribution >= 0.6 is 12.2 Å². The van der Waals surface area contributed by atoms with Crippen molar-refractivity contribution in [3.8, 4) is 5.75 Å². The lowest BCUT2D eigenvalue weighted by atomic mass is 10.1.